The topological polar surface area (TPSA) is 113 Å². The zero-order chi connectivity index (χ0) is 26.3. The molecule has 1 fully saturated rings. The Balaban J connectivity index is 1.71. The van der Waals surface area contributed by atoms with Gasteiger partial charge in [-0.15, -0.1) is 11.3 Å². The summed E-state index contributed by atoms with van der Waals surface area (Å²) in [5.74, 6) is -2.41. The molecule has 0 bridgehead atoms. The van der Waals surface area contributed by atoms with Crippen molar-refractivity contribution >= 4 is 32.7 Å². The van der Waals surface area contributed by atoms with Crippen LogP contribution in [0.5, 0.6) is 5.75 Å². The number of ether oxygens (including phenoxy) is 1. The number of rotatable bonds is 6. The van der Waals surface area contributed by atoms with Crippen LogP contribution < -0.4 is 14.8 Å². The summed E-state index contributed by atoms with van der Waals surface area (Å²) in [7, 11) is -3.02. The van der Waals surface area contributed by atoms with Gasteiger partial charge in [-0.3, -0.25) is 4.90 Å². The standard InChI is InChI=1S/C22H25F4N5O3S2/c1-30(21-29-6-9-35-21)36(32,33)20-12-19-14(11-15(20)23)17(4-8-34-19)31-7-3-13(22(24,25)26)10-18(31)16(28)2-5-27/h2,5-6,9,11-13,17-18,27H,3-4,7-8,10,28H2,1H3/b16-2-,27-5?/t13-,17+,18+/m1/s1. The molecule has 3 heterocycles. The molecule has 196 valence electrons. The summed E-state index contributed by atoms with van der Waals surface area (Å²) in [6.45, 7) is 0.200. The van der Waals surface area contributed by atoms with Crippen molar-refractivity contribution in [2.24, 2.45) is 11.7 Å². The Morgan fingerprint density at radius 3 is 2.75 bits per heavy atom. The molecule has 2 aliphatic rings. The lowest BCUT2D eigenvalue weighted by atomic mass is 9.85. The molecule has 3 N–H and O–H groups in total. The molecule has 3 atom stereocenters. The van der Waals surface area contributed by atoms with E-state index in [9.17, 15) is 21.6 Å². The van der Waals surface area contributed by atoms with Crippen molar-refractivity contribution in [3.63, 3.8) is 0 Å². The number of hydrogen-bond donors (Lipinski definition) is 2. The summed E-state index contributed by atoms with van der Waals surface area (Å²) in [6.07, 6.45) is -0.887. The number of piperidine rings is 1. The number of benzene rings is 1. The number of halogens is 4. The second-order valence-electron chi connectivity index (χ2n) is 8.61. The number of sulfonamides is 1. The number of allylic oxidation sites excluding steroid dienone is 1. The van der Waals surface area contributed by atoms with E-state index in [0.717, 1.165) is 34.0 Å². The van der Waals surface area contributed by atoms with Gasteiger partial charge in [-0.1, -0.05) is 0 Å². The van der Waals surface area contributed by atoms with Gasteiger partial charge in [-0.25, -0.2) is 22.1 Å². The third-order valence-corrected chi connectivity index (χ3v) is 9.29. The van der Waals surface area contributed by atoms with Gasteiger partial charge < -0.3 is 15.9 Å². The van der Waals surface area contributed by atoms with Crippen molar-refractivity contribution < 1.29 is 30.7 Å². The highest BCUT2D eigenvalue weighted by atomic mass is 32.2. The molecule has 0 aliphatic carbocycles. The quantitative estimate of drug-likeness (QED) is 0.417. The maximum absolute atomic E-state index is 15.3. The molecule has 1 saturated heterocycles. The Kier molecular flexibility index (Phi) is 7.30. The van der Waals surface area contributed by atoms with Crippen molar-refractivity contribution in [3.8, 4) is 5.75 Å². The molecule has 1 aromatic carbocycles. The van der Waals surface area contributed by atoms with Gasteiger partial charge in [0.25, 0.3) is 10.0 Å². The fourth-order valence-corrected chi connectivity index (χ4v) is 6.77. The maximum atomic E-state index is 15.3. The first kappa shape index (κ1) is 26.4. The molecule has 1 aromatic heterocycles. The van der Waals surface area contributed by atoms with Gasteiger partial charge in [0.15, 0.2) is 5.13 Å². The monoisotopic (exact) mass is 547 g/mol. The number of nitrogens with one attached hydrogen (secondary N) is 1. The Labute approximate surface area is 209 Å². The molecule has 14 heteroatoms. The average molecular weight is 548 g/mol. The van der Waals surface area contributed by atoms with Gasteiger partial charge in [0.05, 0.1) is 18.6 Å². The van der Waals surface area contributed by atoms with E-state index in [-0.39, 0.29) is 42.6 Å². The van der Waals surface area contributed by atoms with E-state index in [1.807, 2.05) is 0 Å². The first-order valence-corrected chi connectivity index (χ1v) is 13.4. The lowest BCUT2D eigenvalue weighted by Gasteiger charge is -2.46. The number of aromatic nitrogens is 1. The summed E-state index contributed by atoms with van der Waals surface area (Å²) >= 11 is 1.08. The zero-order valence-corrected chi connectivity index (χ0v) is 20.8. The number of fused-ring (bicyclic) bond motifs is 1. The van der Waals surface area contributed by atoms with Crippen LogP contribution in [0.4, 0.5) is 22.7 Å². The number of likely N-dealkylation sites (tertiary alicyclic amines) is 1. The van der Waals surface area contributed by atoms with E-state index in [1.54, 1.807) is 10.3 Å². The third-order valence-electron chi connectivity index (χ3n) is 6.57. The number of hydrogen-bond acceptors (Lipinski definition) is 8. The summed E-state index contributed by atoms with van der Waals surface area (Å²) in [5.41, 5.74) is 6.53. The lowest BCUT2D eigenvalue weighted by Crippen LogP contribution is -2.50. The Bertz CT molecular complexity index is 1250. The summed E-state index contributed by atoms with van der Waals surface area (Å²) in [6, 6.07) is 0.814. The molecule has 0 radical (unpaired) electrons. The van der Waals surface area contributed by atoms with E-state index in [1.165, 1.54) is 19.3 Å². The normalized spacial score (nSPS) is 23.6. The van der Waals surface area contributed by atoms with Gasteiger partial charge in [0.2, 0.25) is 0 Å². The maximum Gasteiger partial charge on any atom is 0.391 e. The molecule has 0 saturated carbocycles. The van der Waals surface area contributed by atoms with Crippen molar-refractivity contribution in [2.45, 2.75) is 42.4 Å². The minimum absolute atomic E-state index is 0.0416. The summed E-state index contributed by atoms with van der Waals surface area (Å²) < 4.78 is 88.5. The fraction of sp³-hybridized carbons (Fsp3) is 0.455. The lowest BCUT2D eigenvalue weighted by molar-refractivity contribution is -0.190. The summed E-state index contributed by atoms with van der Waals surface area (Å²) in [4.78, 5) is 5.14. The first-order valence-electron chi connectivity index (χ1n) is 11.1. The van der Waals surface area contributed by atoms with Gasteiger partial charge in [0, 0.05) is 61.2 Å². The van der Waals surface area contributed by atoms with Crippen LogP contribution in [-0.4, -0.2) is 56.9 Å². The molecule has 36 heavy (non-hydrogen) atoms. The van der Waals surface area contributed by atoms with Gasteiger partial charge in [0.1, 0.15) is 16.5 Å². The van der Waals surface area contributed by atoms with E-state index < -0.39 is 44.9 Å². The van der Waals surface area contributed by atoms with Crippen LogP contribution in [0, 0.1) is 17.1 Å². The second kappa shape index (κ2) is 9.98. The predicted molar refractivity (Wildman–Crippen MR) is 127 cm³/mol. The number of nitrogens with zero attached hydrogens (tertiary/aromatic N) is 3. The van der Waals surface area contributed by atoms with E-state index in [4.69, 9.17) is 15.9 Å². The van der Waals surface area contributed by atoms with Gasteiger partial charge in [-0.05, 0) is 25.0 Å². The number of anilines is 1. The summed E-state index contributed by atoms with van der Waals surface area (Å²) in [5, 5.41) is 9.05. The van der Waals surface area contributed by atoms with E-state index in [2.05, 4.69) is 4.98 Å². The highest BCUT2D eigenvalue weighted by Crippen LogP contribution is 2.45. The SMILES string of the molecule is CN(c1nccs1)S(=O)(=O)c1cc2c(cc1F)[C@@H](N1CC[C@@H](C(F)(F)F)C[C@H]1/C(N)=C/C=N)CCO2. The number of thiazole rings is 1. The molecular weight excluding hydrogens is 522 g/mol. The van der Waals surface area contributed by atoms with Crippen LogP contribution in [0.15, 0.2) is 40.4 Å². The van der Waals surface area contributed by atoms with Crippen LogP contribution in [0.25, 0.3) is 0 Å². The largest absolute Gasteiger partial charge is 0.493 e. The molecule has 0 amide bonds. The van der Waals surface area contributed by atoms with Crippen LogP contribution in [0.3, 0.4) is 0 Å². The van der Waals surface area contributed by atoms with Crippen LogP contribution in [-0.2, 0) is 10.0 Å². The predicted octanol–water partition coefficient (Wildman–Crippen LogP) is 4.07. The Morgan fingerprint density at radius 2 is 2.11 bits per heavy atom. The van der Waals surface area contributed by atoms with E-state index in [0.29, 0.717) is 12.0 Å². The average Bonchev–Trinajstić information content (AvgIpc) is 3.37. The van der Waals surface area contributed by atoms with Crippen molar-refractivity contribution in [1.82, 2.24) is 9.88 Å². The molecule has 4 rings (SSSR count). The van der Waals surface area contributed by atoms with Crippen molar-refractivity contribution in [3.05, 3.63) is 46.9 Å². The molecule has 2 aromatic rings. The Morgan fingerprint density at radius 1 is 1.36 bits per heavy atom. The number of nitrogens with two attached hydrogens (primary N) is 1. The molecule has 2 aliphatic heterocycles. The highest BCUT2D eigenvalue weighted by molar-refractivity contribution is 7.93. The van der Waals surface area contributed by atoms with Crippen molar-refractivity contribution in [1.29, 1.82) is 5.41 Å². The molecule has 0 unspecified atom stereocenters. The van der Waals surface area contributed by atoms with Gasteiger partial charge >= 0.3 is 6.18 Å². The van der Waals surface area contributed by atoms with Crippen LogP contribution in [0.2, 0.25) is 0 Å². The zero-order valence-electron chi connectivity index (χ0n) is 19.2. The minimum atomic E-state index is -4.39. The Hall–Kier alpha value is -2.71. The smallest absolute Gasteiger partial charge is 0.391 e. The minimum Gasteiger partial charge on any atom is -0.493 e. The second-order valence-corrected chi connectivity index (χ2v) is 11.4. The molecule has 8 nitrogen and oxygen atoms in total. The van der Waals surface area contributed by atoms with Crippen LogP contribution >= 0.6 is 11.3 Å². The van der Waals surface area contributed by atoms with Crippen molar-refractivity contribution in [2.75, 3.05) is 24.5 Å². The van der Waals surface area contributed by atoms with Gasteiger partial charge in [-0.2, -0.15) is 13.2 Å². The first-order chi connectivity index (χ1) is 16.9. The fourth-order valence-electron chi connectivity index (χ4n) is 4.72. The van der Waals surface area contributed by atoms with E-state index >= 15 is 4.39 Å². The highest BCUT2D eigenvalue weighted by Gasteiger charge is 2.47. The molecule has 0 spiro atoms. The molecular formula is C22H25F4N5O3S2. The number of alkyl halides is 3. The third kappa shape index (κ3) is 4.93. The van der Waals surface area contributed by atoms with Crippen LogP contribution in [0.1, 0.15) is 30.9 Å².